The minimum absolute atomic E-state index is 0. The number of nitrogens with zero attached hydrogens (tertiary/aromatic N) is 4. The van der Waals surface area contributed by atoms with Gasteiger partial charge in [0.15, 0.2) is 0 Å². The number of hydrogen-bond acceptors (Lipinski definition) is 4. The van der Waals surface area contributed by atoms with Crippen molar-refractivity contribution in [1.82, 2.24) is 24.9 Å². The van der Waals surface area contributed by atoms with Crippen molar-refractivity contribution in [2.45, 2.75) is 25.1 Å². The number of rotatable bonds is 3. The van der Waals surface area contributed by atoms with Crippen LogP contribution >= 0.6 is 24.8 Å². The van der Waals surface area contributed by atoms with Gasteiger partial charge in [0.25, 0.3) is 0 Å². The highest BCUT2D eigenvalue weighted by molar-refractivity contribution is 5.85. The Hall–Kier alpha value is -1.03. The highest BCUT2D eigenvalue weighted by Gasteiger charge is 2.42. The van der Waals surface area contributed by atoms with E-state index in [1.54, 1.807) is 15.8 Å². The van der Waals surface area contributed by atoms with Gasteiger partial charge in [-0.15, -0.1) is 24.8 Å². The number of amides is 1. The Morgan fingerprint density at radius 3 is 2.37 bits per heavy atom. The highest BCUT2D eigenvalue weighted by atomic mass is 35.5. The first-order valence-corrected chi connectivity index (χ1v) is 8.56. The Morgan fingerprint density at radius 2 is 1.85 bits per heavy atom. The Labute approximate surface area is 169 Å². The van der Waals surface area contributed by atoms with E-state index in [1.165, 1.54) is 11.8 Å². The molecule has 3 rings (SSSR count). The number of halogens is 5. The lowest BCUT2D eigenvalue weighted by molar-refractivity contribution is -0.183. The zero-order chi connectivity index (χ0) is 18.2. The number of carbonyl (C=O) groups is 1. The molecule has 0 spiro atoms. The van der Waals surface area contributed by atoms with Crippen molar-refractivity contribution >= 4 is 30.7 Å². The molecule has 2 aliphatic rings. The first-order valence-electron chi connectivity index (χ1n) is 8.56. The molecule has 0 radical (unpaired) electrons. The Kier molecular flexibility index (Phi) is 8.40. The van der Waals surface area contributed by atoms with Crippen LogP contribution in [-0.2, 0) is 11.8 Å². The van der Waals surface area contributed by atoms with Gasteiger partial charge in [-0.25, -0.2) is 0 Å². The van der Waals surface area contributed by atoms with Crippen LogP contribution in [0.5, 0.6) is 0 Å². The topological polar surface area (TPSA) is 53.4 Å². The summed E-state index contributed by atoms with van der Waals surface area (Å²) in [5.41, 5.74) is 1.02. The second-order valence-electron chi connectivity index (χ2n) is 6.90. The molecule has 11 heteroatoms. The summed E-state index contributed by atoms with van der Waals surface area (Å²) < 4.78 is 40.2. The van der Waals surface area contributed by atoms with Gasteiger partial charge in [-0.2, -0.15) is 18.3 Å². The van der Waals surface area contributed by atoms with Crippen molar-refractivity contribution in [3.63, 3.8) is 0 Å². The lowest BCUT2D eigenvalue weighted by Crippen LogP contribution is -2.56. The second-order valence-corrected chi connectivity index (χ2v) is 6.90. The van der Waals surface area contributed by atoms with Crippen LogP contribution in [0.15, 0.2) is 12.4 Å². The fraction of sp³-hybridized carbons (Fsp3) is 0.750. The van der Waals surface area contributed by atoms with E-state index in [-0.39, 0.29) is 55.6 Å². The number of carbonyl (C=O) groups excluding carboxylic acids is 1. The van der Waals surface area contributed by atoms with E-state index >= 15 is 0 Å². The minimum atomic E-state index is -4.23. The highest BCUT2D eigenvalue weighted by Crippen LogP contribution is 2.30. The molecule has 27 heavy (non-hydrogen) atoms. The summed E-state index contributed by atoms with van der Waals surface area (Å²) in [7, 11) is 1.84. The van der Waals surface area contributed by atoms with Gasteiger partial charge in [-0.05, 0) is 12.5 Å². The average molecular weight is 432 g/mol. The summed E-state index contributed by atoms with van der Waals surface area (Å²) in [6, 6.07) is -1.47. The van der Waals surface area contributed by atoms with Gasteiger partial charge in [-0.1, -0.05) is 0 Å². The van der Waals surface area contributed by atoms with Crippen molar-refractivity contribution < 1.29 is 18.0 Å². The average Bonchev–Trinajstić information content (AvgIpc) is 3.21. The van der Waals surface area contributed by atoms with E-state index in [4.69, 9.17) is 0 Å². The zero-order valence-electron chi connectivity index (χ0n) is 15.3. The summed E-state index contributed by atoms with van der Waals surface area (Å²) >= 11 is 0. The minimum Gasteiger partial charge on any atom is -0.340 e. The molecule has 1 aromatic rings. The van der Waals surface area contributed by atoms with Crippen LogP contribution in [0.25, 0.3) is 0 Å². The molecule has 1 unspecified atom stereocenters. The second kappa shape index (κ2) is 9.45. The molecule has 6 nitrogen and oxygen atoms in total. The molecule has 1 aromatic heterocycles. The lowest BCUT2D eigenvalue weighted by atomic mass is 9.89. The fourth-order valence-electron chi connectivity index (χ4n) is 3.69. The van der Waals surface area contributed by atoms with Gasteiger partial charge in [-0.3, -0.25) is 14.4 Å². The number of alkyl halides is 3. The molecule has 3 atom stereocenters. The summed E-state index contributed by atoms with van der Waals surface area (Å²) in [6.07, 6.45) is -0.533. The van der Waals surface area contributed by atoms with Crippen molar-refractivity contribution in [2.75, 3.05) is 39.3 Å². The lowest BCUT2D eigenvalue weighted by Gasteiger charge is -2.39. The van der Waals surface area contributed by atoms with E-state index < -0.39 is 12.2 Å². The molecule has 2 fully saturated rings. The van der Waals surface area contributed by atoms with Crippen LogP contribution in [0.4, 0.5) is 13.2 Å². The molecule has 0 aromatic carbocycles. The van der Waals surface area contributed by atoms with Crippen molar-refractivity contribution in [3.05, 3.63) is 18.0 Å². The molecule has 1 N–H and O–H groups in total. The van der Waals surface area contributed by atoms with Crippen LogP contribution < -0.4 is 5.32 Å². The van der Waals surface area contributed by atoms with E-state index in [0.717, 1.165) is 5.56 Å². The smallest absolute Gasteiger partial charge is 0.340 e. The first-order chi connectivity index (χ1) is 11.8. The third-order valence-electron chi connectivity index (χ3n) is 5.33. The molecule has 1 amide bonds. The SMILES string of the molecule is CC(N1CCN(C(=O)[C@H]2CNC[C@@H]2c2cnn(C)c2)CC1)C(F)(F)F.Cl.Cl. The van der Waals surface area contributed by atoms with E-state index in [2.05, 4.69) is 10.4 Å². The van der Waals surface area contributed by atoms with Crippen LogP contribution in [-0.4, -0.2) is 77.0 Å². The molecule has 3 heterocycles. The molecule has 0 bridgehead atoms. The van der Waals surface area contributed by atoms with Crippen molar-refractivity contribution in [1.29, 1.82) is 0 Å². The van der Waals surface area contributed by atoms with Crippen molar-refractivity contribution in [3.8, 4) is 0 Å². The third-order valence-corrected chi connectivity index (χ3v) is 5.33. The largest absolute Gasteiger partial charge is 0.403 e. The van der Waals surface area contributed by atoms with E-state index in [1.807, 2.05) is 13.2 Å². The van der Waals surface area contributed by atoms with Crippen LogP contribution in [0, 0.1) is 5.92 Å². The maximum absolute atomic E-state index is 12.9. The Morgan fingerprint density at radius 1 is 1.22 bits per heavy atom. The molecule has 0 aliphatic carbocycles. The molecular weight excluding hydrogens is 406 g/mol. The molecule has 0 saturated carbocycles. The standard InChI is InChI=1S/C16H24F3N5O.2ClH/c1-11(16(17,18)19)23-3-5-24(6-4-23)15(25)14-9-20-8-13(14)12-7-21-22(2)10-12;;/h7,10-11,13-14,20H,3-6,8-9H2,1-2H3;2*1H/t11?,13-,14+;;/m1../s1. The van der Waals surface area contributed by atoms with Gasteiger partial charge >= 0.3 is 6.18 Å². The van der Waals surface area contributed by atoms with Gasteiger partial charge in [0.2, 0.25) is 5.91 Å². The number of aryl methyl sites for hydroxylation is 1. The van der Waals surface area contributed by atoms with Gasteiger partial charge in [0.1, 0.15) is 6.04 Å². The molecule has 2 aliphatic heterocycles. The number of hydrogen-bond donors (Lipinski definition) is 1. The van der Waals surface area contributed by atoms with Crippen LogP contribution in [0.1, 0.15) is 18.4 Å². The molecular formula is C16H26Cl2F3N5O. The fourth-order valence-corrected chi connectivity index (χ4v) is 3.69. The van der Waals surface area contributed by atoms with Gasteiger partial charge in [0.05, 0.1) is 12.1 Å². The molecule has 156 valence electrons. The third kappa shape index (κ3) is 5.28. The number of nitrogens with one attached hydrogen (secondary N) is 1. The predicted molar refractivity (Wildman–Crippen MR) is 100 cm³/mol. The number of piperazine rings is 1. The van der Waals surface area contributed by atoms with Crippen molar-refractivity contribution in [2.24, 2.45) is 13.0 Å². The molecule has 2 saturated heterocycles. The van der Waals surface area contributed by atoms with Crippen LogP contribution in [0.2, 0.25) is 0 Å². The van der Waals surface area contributed by atoms with Crippen LogP contribution in [0.3, 0.4) is 0 Å². The zero-order valence-corrected chi connectivity index (χ0v) is 16.9. The Bertz CT molecular complexity index is 619. The number of aromatic nitrogens is 2. The Balaban J connectivity index is 0.00000182. The quantitative estimate of drug-likeness (QED) is 0.790. The summed E-state index contributed by atoms with van der Waals surface area (Å²) in [4.78, 5) is 16.0. The summed E-state index contributed by atoms with van der Waals surface area (Å²) in [5, 5.41) is 7.42. The normalized spacial score (nSPS) is 24.9. The predicted octanol–water partition coefficient (Wildman–Crippen LogP) is 1.66. The maximum Gasteiger partial charge on any atom is 0.403 e. The first kappa shape index (κ1) is 24.0. The van der Waals surface area contributed by atoms with E-state index in [0.29, 0.717) is 26.2 Å². The van der Waals surface area contributed by atoms with E-state index in [9.17, 15) is 18.0 Å². The summed E-state index contributed by atoms with van der Waals surface area (Å²) in [6.45, 7) is 3.68. The van der Waals surface area contributed by atoms with Gasteiger partial charge in [0, 0.05) is 58.4 Å². The summed E-state index contributed by atoms with van der Waals surface area (Å²) in [5.74, 6) is -0.0951. The monoisotopic (exact) mass is 431 g/mol. The maximum atomic E-state index is 12.9. The van der Waals surface area contributed by atoms with Gasteiger partial charge < -0.3 is 10.2 Å².